The minimum Gasteiger partial charge on any atom is -0.481 e. The normalized spacial score (nSPS) is 34.0. The zero-order valence-corrected chi connectivity index (χ0v) is 13.0. The molecule has 5 heteroatoms. The molecule has 1 fully saturated rings. The van der Waals surface area contributed by atoms with Gasteiger partial charge in [-0.2, -0.15) is 0 Å². The predicted molar refractivity (Wildman–Crippen MR) is 78.7 cm³/mol. The van der Waals surface area contributed by atoms with Gasteiger partial charge in [0.1, 0.15) is 0 Å². The molecule has 0 bridgehead atoms. The highest BCUT2D eigenvalue weighted by Gasteiger charge is 2.50. The molecule has 4 atom stereocenters. The van der Waals surface area contributed by atoms with Crippen molar-refractivity contribution >= 4 is 11.9 Å². The summed E-state index contributed by atoms with van der Waals surface area (Å²) in [7, 11) is 0. The maximum absolute atomic E-state index is 12.4. The summed E-state index contributed by atoms with van der Waals surface area (Å²) < 4.78 is 5.65. The largest absolute Gasteiger partial charge is 0.481 e. The Hall–Kier alpha value is -1.36. The monoisotopic (exact) mass is 295 g/mol. The number of rotatable bonds is 5. The van der Waals surface area contributed by atoms with Gasteiger partial charge in [-0.15, -0.1) is 0 Å². The van der Waals surface area contributed by atoms with Crippen LogP contribution >= 0.6 is 0 Å². The number of allylic oxidation sites excluding steroid dienone is 2. The summed E-state index contributed by atoms with van der Waals surface area (Å²) in [6.07, 6.45) is 5.65. The number of aliphatic carboxylic acids is 1. The number of amides is 1. The fourth-order valence-corrected chi connectivity index (χ4v) is 3.27. The highest BCUT2D eigenvalue weighted by atomic mass is 16.5. The molecular weight excluding hydrogens is 270 g/mol. The Bertz CT molecular complexity index is 444. The van der Waals surface area contributed by atoms with Crippen LogP contribution in [0.25, 0.3) is 0 Å². The van der Waals surface area contributed by atoms with Crippen molar-refractivity contribution in [1.29, 1.82) is 0 Å². The quantitative estimate of drug-likeness (QED) is 0.760. The van der Waals surface area contributed by atoms with Gasteiger partial charge in [-0.3, -0.25) is 9.59 Å². The summed E-state index contributed by atoms with van der Waals surface area (Å²) in [6, 6.07) is 0.0573. The maximum Gasteiger partial charge on any atom is 0.307 e. The van der Waals surface area contributed by atoms with Gasteiger partial charge in [0.2, 0.25) is 5.91 Å². The third-order valence-electron chi connectivity index (χ3n) is 4.95. The van der Waals surface area contributed by atoms with Crippen LogP contribution in [0.2, 0.25) is 0 Å². The minimum absolute atomic E-state index is 0.0573. The van der Waals surface area contributed by atoms with E-state index in [2.05, 4.69) is 19.2 Å². The summed E-state index contributed by atoms with van der Waals surface area (Å²) in [5.41, 5.74) is -0.102. The number of carbonyl (C=O) groups is 2. The van der Waals surface area contributed by atoms with E-state index in [1.165, 1.54) is 0 Å². The van der Waals surface area contributed by atoms with Crippen LogP contribution in [-0.4, -0.2) is 35.7 Å². The SMILES string of the molecule is CCOC1CC(NC(=O)C2CC=CCC2C(=O)O)C1(C)C. The first-order valence-corrected chi connectivity index (χ1v) is 7.67. The lowest BCUT2D eigenvalue weighted by Gasteiger charge is -2.52. The molecular formula is C16H25NO4. The van der Waals surface area contributed by atoms with Gasteiger partial charge in [0, 0.05) is 18.1 Å². The van der Waals surface area contributed by atoms with Crippen LogP contribution in [-0.2, 0) is 14.3 Å². The molecule has 0 saturated heterocycles. The summed E-state index contributed by atoms with van der Waals surface area (Å²) in [5, 5.41) is 12.3. The first-order chi connectivity index (χ1) is 9.87. The first kappa shape index (κ1) is 16.0. The Morgan fingerprint density at radius 3 is 2.43 bits per heavy atom. The third kappa shape index (κ3) is 3.12. The van der Waals surface area contributed by atoms with Gasteiger partial charge in [0.15, 0.2) is 0 Å². The molecule has 0 aromatic carbocycles. The lowest BCUT2D eigenvalue weighted by atomic mass is 9.64. The molecule has 2 aliphatic rings. The van der Waals surface area contributed by atoms with E-state index in [4.69, 9.17) is 4.74 Å². The highest BCUT2D eigenvalue weighted by Crippen LogP contribution is 2.43. The number of carboxylic acid groups (broad SMARTS) is 1. The molecule has 21 heavy (non-hydrogen) atoms. The molecule has 0 spiro atoms. The molecule has 1 saturated carbocycles. The van der Waals surface area contributed by atoms with E-state index in [1.807, 2.05) is 19.1 Å². The second kappa shape index (κ2) is 6.18. The summed E-state index contributed by atoms with van der Waals surface area (Å²) in [4.78, 5) is 23.7. The zero-order valence-electron chi connectivity index (χ0n) is 13.0. The maximum atomic E-state index is 12.4. The minimum atomic E-state index is -0.889. The Morgan fingerprint density at radius 2 is 1.90 bits per heavy atom. The summed E-state index contributed by atoms with van der Waals surface area (Å²) >= 11 is 0. The fourth-order valence-electron chi connectivity index (χ4n) is 3.27. The third-order valence-corrected chi connectivity index (χ3v) is 4.95. The lowest BCUT2D eigenvalue weighted by Crippen LogP contribution is -2.63. The highest BCUT2D eigenvalue weighted by molar-refractivity contribution is 5.85. The van der Waals surface area contributed by atoms with Crippen LogP contribution in [0.1, 0.15) is 40.0 Å². The van der Waals surface area contributed by atoms with E-state index in [9.17, 15) is 14.7 Å². The molecule has 0 aromatic heterocycles. The van der Waals surface area contributed by atoms with Crippen LogP contribution < -0.4 is 5.32 Å². The van der Waals surface area contributed by atoms with Crippen molar-refractivity contribution in [1.82, 2.24) is 5.32 Å². The molecule has 2 N–H and O–H groups in total. The number of hydrogen-bond acceptors (Lipinski definition) is 3. The van der Waals surface area contributed by atoms with E-state index >= 15 is 0 Å². The number of carboxylic acids is 1. The number of ether oxygens (including phenoxy) is 1. The van der Waals surface area contributed by atoms with E-state index in [0.29, 0.717) is 19.4 Å². The topological polar surface area (TPSA) is 75.6 Å². The fraction of sp³-hybridized carbons (Fsp3) is 0.750. The van der Waals surface area contributed by atoms with E-state index in [1.54, 1.807) is 0 Å². The van der Waals surface area contributed by atoms with Crippen molar-refractivity contribution in [2.75, 3.05) is 6.61 Å². The second-order valence-corrected chi connectivity index (χ2v) is 6.56. The summed E-state index contributed by atoms with van der Waals surface area (Å²) in [5.74, 6) is -2.10. The van der Waals surface area contributed by atoms with Gasteiger partial charge >= 0.3 is 5.97 Å². The Morgan fingerprint density at radius 1 is 1.29 bits per heavy atom. The number of hydrogen-bond donors (Lipinski definition) is 2. The van der Waals surface area contributed by atoms with Gasteiger partial charge in [-0.1, -0.05) is 26.0 Å². The van der Waals surface area contributed by atoms with E-state index in [-0.39, 0.29) is 23.5 Å². The Kier molecular flexibility index (Phi) is 4.71. The lowest BCUT2D eigenvalue weighted by molar-refractivity contribution is -0.150. The molecule has 1 amide bonds. The van der Waals surface area contributed by atoms with Crippen molar-refractivity contribution in [3.05, 3.63) is 12.2 Å². The summed E-state index contributed by atoms with van der Waals surface area (Å²) in [6.45, 7) is 6.80. The van der Waals surface area contributed by atoms with Crippen molar-refractivity contribution in [3.8, 4) is 0 Å². The molecule has 0 radical (unpaired) electrons. The van der Waals surface area contributed by atoms with Crippen LogP contribution in [0, 0.1) is 17.3 Å². The van der Waals surface area contributed by atoms with Gasteiger partial charge in [0.05, 0.1) is 17.9 Å². The Balaban J connectivity index is 1.96. The van der Waals surface area contributed by atoms with Gasteiger partial charge < -0.3 is 15.2 Å². The van der Waals surface area contributed by atoms with Gasteiger partial charge in [-0.25, -0.2) is 0 Å². The van der Waals surface area contributed by atoms with Crippen molar-refractivity contribution in [2.24, 2.45) is 17.3 Å². The molecule has 2 rings (SSSR count). The number of carbonyl (C=O) groups excluding carboxylic acids is 1. The average molecular weight is 295 g/mol. The molecule has 5 nitrogen and oxygen atoms in total. The van der Waals surface area contributed by atoms with Crippen molar-refractivity contribution in [3.63, 3.8) is 0 Å². The molecule has 2 aliphatic carbocycles. The van der Waals surface area contributed by atoms with Gasteiger partial charge in [0.25, 0.3) is 0 Å². The molecule has 0 heterocycles. The Labute approximate surface area is 125 Å². The smallest absolute Gasteiger partial charge is 0.307 e. The van der Waals surface area contributed by atoms with Crippen LogP contribution in [0.5, 0.6) is 0 Å². The average Bonchev–Trinajstić information content (AvgIpc) is 2.46. The second-order valence-electron chi connectivity index (χ2n) is 6.56. The van der Waals surface area contributed by atoms with Gasteiger partial charge in [-0.05, 0) is 26.2 Å². The van der Waals surface area contributed by atoms with Crippen LogP contribution in [0.15, 0.2) is 12.2 Å². The molecule has 0 aliphatic heterocycles. The molecule has 0 aromatic rings. The zero-order chi connectivity index (χ0) is 15.6. The van der Waals surface area contributed by atoms with Crippen LogP contribution in [0.3, 0.4) is 0 Å². The van der Waals surface area contributed by atoms with Crippen LogP contribution in [0.4, 0.5) is 0 Å². The molecule has 118 valence electrons. The molecule has 4 unspecified atom stereocenters. The standard InChI is InChI=1S/C16H25NO4/c1-4-21-13-9-12(16(13,2)3)17-14(18)10-7-5-6-8-11(10)15(19)20/h5-6,10-13H,4,7-9H2,1-3H3,(H,17,18)(H,19,20). The number of nitrogens with one attached hydrogen (secondary N) is 1. The first-order valence-electron chi connectivity index (χ1n) is 7.67. The predicted octanol–water partition coefficient (Wildman–Crippen LogP) is 1.97. The van der Waals surface area contributed by atoms with E-state index in [0.717, 1.165) is 6.42 Å². The van der Waals surface area contributed by atoms with E-state index < -0.39 is 17.8 Å². The van der Waals surface area contributed by atoms with Crippen molar-refractivity contribution < 1.29 is 19.4 Å². The van der Waals surface area contributed by atoms with Crippen molar-refractivity contribution in [2.45, 2.75) is 52.2 Å².